The average Bonchev–Trinajstić information content (AvgIpc) is 2.73. The van der Waals surface area contributed by atoms with Crippen LogP contribution in [0.1, 0.15) is 12.8 Å². The second-order valence-electron chi connectivity index (χ2n) is 3.74. The van der Waals surface area contributed by atoms with Crippen molar-refractivity contribution in [3.63, 3.8) is 0 Å². The number of hydrogen-bond acceptors (Lipinski definition) is 6. The number of nitrogens with one attached hydrogen (secondary N) is 1. The summed E-state index contributed by atoms with van der Waals surface area (Å²) in [6, 6.07) is 0. The summed E-state index contributed by atoms with van der Waals surface area (Å²) in [6.07, 6.45) is 1.74. The molecule has 0 aliphatic carbocycles. The van der Waals surface area contributed by atoms with Crippen molar-refractivity contribution in [2.24, 2.45) is 0 Å². The second kappa shape index (κ2) is 2.26. The van der Waals surface area contributed by atoms with Crippen molar-refractivity contribution in [1.82, 2.24) is 5.32 Å². The van der Waals surface area contributed by atoms with E-state index in [1.807, 2.05) is 0 Å². The van der Waals surface area contributed by atoms with Crippen LogP contribution in [-0.4, -0.2) is 36.6 Å². The molecule has 6 nitrogen and oxygen atoms in total. The number of esters is 2. The van der Waals surface area contributed by atoms with Crippen LogP contribution < -0.4 is 5.32 Å². The van der Waals surface area contributed by atoms with E-state index in [4.69, 9.17) is 14.2 Å². The summed E-state index contributed by atoms with van der Waals surface area (Å²) in [7, 11) is 0. The Morgan fingerprint density at radius 2 is 1.93 bits per heavy atom. The topological polar surface area (TPSA) is 73.9 Å². The molecule has 0 bridgehead atoms. The molecule has 3 aliphatic rings. The fourth-order valence-corrected chi connectivity index (χ4v) is 2.16. The van der Waals surface area contributed by atoms with Gasteiger partial charge in [-0.15, -0.1) is 0 Å². The summed E-state index contributed by atoms with van der Waals surface area (Å²) >= 11 is 0. The Labute approximate surface area is 79.5 Å². The summed E-state index contributed by atoms with van der Waals surface area (Å²) < 4.78 is 14.8. The van der Waals surface area contributed by atoms with Crippen molar-refractivity contribution in [2.45, 2.75) is 24.4 Å². The van der Waals surface area contributed by atoms with E-state index in [0.29, 0.717) is 6.61 Å². The third-order valence-electron chi connectivity index (χ3n) is 2.96. The molecule has 14 heavy (non-hydrogen) atoms. The predicted octanol–water partition coefficient (Wildman–Crippen LogP) is -1.11. The quantitative estimate of drug-likeness (QED) is 0.394. The van der Waals surface area contributed by atoms with Crippen molar-refractivity contribution in [3.8, 4) is 0 Å². The fraction of sp³-hybridized carbons (Fsp3) is 0.750. The minimum atomic E-state index is -1.47. The van der Waals surface area contributed by atoms with Gasteiger partial charge in [0, 0.05) is 0 Å². The van der Waals surface area contributed by atoms with Crippen LogP contribution in [0.25, 0.3) is 0 Å². The molecule has 1 N–H and O–H groups in total. The first kappa shape index (κ1) is 8.19. The van der Waals surface area contributed by atoms with Crippen molar-refractivity contribution < 1.29 is 23.8 Å². The number of hydrogen-bond donors (Lipinski definition) is 1. The lowest BCUT2D eigenvalue weighted by Crippen LogP contribution is -2.74. The second-order valence-corrected chi connectivity index (χ2v) is 3.74. The van der Waals surface area contributed by atoms with Crippen molar-refractivity contribution in [3.05, 3.63) is 0 Å². The average molecular weight is 199 g/mol. The van der Waals surface area contributed by atoms with Gasteiger partial charge in [-0.05, 0) is 19.4 Å². The molecule has 0 aromatic heterocycles. The van der Waals surface area contributed by atoms with Crippen LogP contribution in [0.2, 0.25) is 0 Å². The molecule has 3 rings (SSSR count). The van der Waals surface area contributed by atoms with Gasteiger partial charge in [0.15, 0.2) is 5.54 Å². The molecule has 6 heteroatoms. The maximum absolute atomic E-state index is 10.9. The van der Waals surface area contributed by atoms with Gasteiger partial charge in [0.25, 0.3) is 0 Å². The number of fused-ring (bicyclic) bond motifs is 1. The maximum atomic E-state index is 10.9. The lowest BCUT2D eigenvalue weighted by Gasteiger charge is -2.49. The highest BCUT2D eigenvalue weighted by Crippen LogP contribution is 2.47. The van der Waals surface area contributed by atoms with Gasteiger partial charge in [-0.1, -0.05) is 0 Å². The number of ether oxygens (including phenoxy) is 3. The predicted molar refractivity (Wildman–Crippen MR) is 40.8 cm³/mol. The lowest BCUT2D eigenvalue weighted by atomic mass is 9.90. The maximum Gasteiger partial charge on any atom is 0.422 e. The first-order valence-corrected chi connectivity index (χ1v) is 4.53. The zero-order valence-corrected chi connectivity index (χ0v) is 7.37. The molecular formula is C8H9NO5. The van der Waals surface area contributed by atoms with Gasteiger partial charge in [-0.2, -0.15) is 0 Å². The lowest BCUT2D eigenvalue weighted by molar-refractivity contribution is -0.426. The fourth-order valence-electron chi connectivity index (χ4n) is 2.16. The highest BCUT2D eigenvalue weighted by Gasteiger charge is 2.72. The first-order chi connectivity index (χ1) is 6.68. The molecule has 76 valence electrons. The van der Waals surface area contributed by atoms with E-state index in [1.165, 1.54) is 0 Å². The zero-order valence-electron chi connectivity index (χ0n) is 7.37. The summed E-state index contributed by atoms with van der Waals surface area (Å²) in [6.45, 7) is 1.23. The van der Waals surface area contributed by atoms with Crippen molar-refractivity contribution >= 4 is 11.9 Å². The van der Waals surface area contributed by atoms with E-state index in [2.05, 4.69) is 5.32 Å². The van der Waals surface area contributed by atoms with Gasteiger partial charge in [-0.3, -0.25) is 0 Å². The summed E-state index contributed by atoms with van der Waals surface area (Å²) in [5.74, 6) is -3.42. The normalized spacial score (nSPS) is 38.6. The van der Waals surface area contributed by atoms with E-state index >= 15 is 0 Å². The van der Waals surface area contributed by atoms with Crippen LogP contribution in [0.3, 0.4) is 0 Å². The third-order valence-corrected chi connectivity index (χ3v) is 2.96. The van der Waals surface area contributed by atoms with E-state index in [9.17, 15) is 9.59 Å². The molecule has 2 spiro atoms. The highest BCUT2D eigenvalue weighted by atomic mass is 16.9. The Balaban J connectivity index is 1.91. The third kappa shape index (κ3) is 0.737. The van der Waals surface area contributed by atoms with Crippen molar-refractivity contribution in [2.75, 3.05) is 13.2 Å². The Morgan fingerprint density at radius 3 is 2.36 bits per heavy atom. The summed E-state index contributed by atoms with van der Waals surface area (Å²) in [5.41, 5.74) is -0.505. The smallest absolute Gasteiger partial charge is 0.388 e. The molecule has 0 aromatic carbocycles. The molecule has 0 radical (unpaired) electrons. The van der Waals surface area contributed by atoms with Gasteiger partial charge in [-0.25, -0.2) is 9.59 Å². The van der Waals surface area contributed by atoms with Crippen LogP contribution in [0.4, 0.5) is 0 Å². The molecule has 0 saturated carbocycles. The molecule has 0 amide bonds. The molecule has 3 fully saturated rings. The zero-order chi connectivity index (χ0) is 9.81. The van der Waals surface area contributed by atoms with Crippen molar-refractivity contribution in [1.29, 1.82) is 0 Å². The molecule has 1 unspecified atom stereocenters. The standard InChI is InChI=1S/C8H9NO5/c10-5-6(11)14-8(13-5)7(4-12-8)2-1-3-9-7/h9H,1-4H2. The monoisotopic (exact) mass is 199 g/mol. The summed E-state index contributed by atoms with van der Waals surface area (Å²) in [4.78, 5) is 21.8. The Hall–Kier alpha value is -1.14. The molecule has 3 aliphatic heterocycles. The highest BCUT2D eigenvalue weighted by molar-refractivity contribution is 6.31. The van der Waals surface area contributed by atoms with Gasteiger partial charge in [0.05, 0.1) is 6.61 Å². The van der Waals surface area contributed by atoms with E-state index in [0.717, 1.165) is 19.4 Å². The van der Waals surface area contributed by atoms with Crippen LogP contribution in [0, 0.1) is 0 Å². The van der Waals surface area contributed by atoms with E-state index < -0.39 is 23.5 Å². The molecular weight excluding hydrogens is 190 g/mol. The number of carbonyl (C=O) groups is 2. The van der Waals surface area contributed by atoms with Gasteiger partial charge in [0.2, 0.25) is 0 Å². The SMILES string of the molecule is O=C1OC2(OCC23CCCN3)OC1=O. The van der Waals surface area contributed by atoms with Crippen LogP contribution in [0.5, 0.6) is 0 Å². The van der Waals surface area contributed by atoms with E-state index in [-0.39, 0.29) is 0 Å². The Morgan fingerprint density at radius 1 is 1.21 bits per heavy atom. The van der Waals surface area contributed by atoms with Gasteiger partial charge >= 0.3 is 17.9 Å². The van der Waals surface area contributed by atoms with Gasteiger partial charge < -0.3 is 19.5 Å². The number of rotatable bonds is 0. The molecule has 3 heterocycles. The van der Waals surface area contributed by atoms with Gasteiger partial charge in [0.1, 0.15) is 0 Å². The molecule has 0 aromatic rings. The Bertz CT molecular complexity index is 304. The van der Waals surface area contributed by atoms with Crippen LogP contribution in [0.15, 0.2) is 0 Å². The van der Waals surface area contributed by atoms with Crippen LogP contribution >= 0.6 is 0 Å². The number of carbonyl (C=O) groups excluding carboxylic acids is 2. The molecule has 3 saturated heterocycles. The minimum Gasteiger partial charge on any atom is -0.388 e. The minimum absolute atomic E-state index is 0.410. The van der Waals surface area contributed by atoms with Crippen LogP contribution in [-0.2, 0) is 23.8 Å². The summed E-state index contributed by atoms with van der Waals surface area (Å²) in [5, 5.41) is 3.16. The molecule has 1 atom stereocenters. The van der Waals surface area contributed by atoms with E-state index in [1.54, 1.807) is 0 Å². The largest absolute Gasteiger partial charge is 0.422 e. The first-order valence-electron chi connectivity index (χ1n) is 4.53. The Kier molecular flexibility index (Phi) is 1.32.